The van der Waals surface area contributed by atoms with Gasteiger partial charge in [-0.15, -0.1) is 11.3 Å². The maximum atomic E-state index is 13.3. The van der Waals surface area contributed by atoms with E-state index in [1.54, 1.807) is 0 Å². The number of thiazole rings is 1. The molecule has 9 heteroatoms. The first-order chi connectivity index (χ1) is 15.3. The van der Waals surface area contributed by atoms with Gasteiger partial charge in [-0.25, -0.2) is 9.78 Å². The van der Waals surface area contributed by atoms with Crippen LogP contribution in [0.15, 0.2) is 45.3 Å². The van der Waals surface area contributed by atoms with E-state index in [2.05, 4.69) is 9.97 Å². The maximum Gasteiger partial charge on any atom is 0.330 e. The standard InChI is InChI=1S/C23H29N5O3S/c1-4-5-11-27(18(29)12-17-14-32-22(25-17)15(2)3)19-20(24)28(23(31)26-21(19)30)13-16-9-7-6-8-10-16/h6-10,14-15H,4-5,11-13,24H2,1-3H3,(H,26,30,31). The van der Waals surface area contributed by atoms with Gasteiger partial charge in [-0.3, -0.25) is 19.1 Å². The molecule has 0 saturated heterocycles. The van der Waals surface area contributed by atoms with Gasteiger partial charge in [0, 0.05) is 17.8 Å². The third kappa shape index (κ3) is 5.34. The second-order valence-electron chi connectivity index (χ2n) is 7.97. The van der Waals surface area contributed by atoms with E-state index in [0.717, 1.165) is 17.0 Å². The van der Waals surface area contributed by atoms with Crippen molar-refractivity contribution in [2.45, 2.75) is 52.5 Å². The van der Waals surface area contributed by atoms with E-state index in [1.165, 1.54) is 20.8 Å². The normalized spacial score (nSPS) is 11.1. The average molecular weight is 456 g/mol. The Kier molecular flexibility index (Phi) is 7.63. The molecule has 0 aliphatic carbocycles. The Hall–Kier alpha value is -3.20. The first-order valence-electron chi connectivity index (χ1n) is 10.7. The Labute approximate surface area is 190 Å². The number of amides is 1. The molecule has 0 aliphatic heterocycles. The molecule has 0 spiro atoms. The molecule has 3 N–H and O–H groups in total. The van der Waals surface area contributed by atoms with Crippen LogP contribution in [0.3, 0.4) is 0 Å². The van der Waals surface area contributed by atoms with Crippen LogP contribution in [0.5, 0.6) is 0 Å². The van der Waals surface area contributed by atoms with Crippen molar-refractivity contribution in [1.82, 2.24) is 14.5 Å². The third-order valence-corrected chi connectivity index (χ3v) is 6.29. The SMILES string of the molecule is CCCCN(C(=O)Cc1csc(C(C)C)n1)c1c(N)n(Cc2ccccc2)c(=O)[nH]c1=O. The van der Waals surface area contributed by atoms with E-state index in [-0.39, 0.29) is 36.3 Å². The third-order valence-electron chi connectivity index (χ3n) is 5.10. The Morgan fingerprint density at radius 3 is 2.59 bits per heavy atom. The summed E-state index contributed by atoms with van der Waals surface area (Å²) in [4.78, 5) is 46.8. The van der Waals surface area contributed by atoms with Crippen LogP contribution in [0.1, 0.15) is 55.8 Å². The molecule has 0 fully saturated rings. The monoisotopic (exact) mass is 455 g/mol. The number of carbonyl (C=O) groups excluding carboxylic acids is 1. The number of hydrogen-bond acceptors (Lipinski definition) is 6. The van der Waals surface area contributed by atoms with Crippen molar-refractivity contribution in [2.75, 3.05) is 17.2 Å². The summed E-state index contributed by atoms with van der Waals surface area (Å²) in [6.45, 7) is 6.62. The summed E-state index contributed by atoms with van der Waals surface area (Å²) in [6.07, 6.45) is 1.58. The van der Waals surface area contributed by atoms with Crippen LogP contribution in [0.2, 0.25) is 0 Å². The van der Waals surface area contributed by atoms with Crippen LogP contribution >= 0.6 is 11.3 Å². The number of benzene rings is 1. The fraction of sp³-hybridized carbons (Fsp3) is 0.391. The van der Waals surface area contributed by atoms with Gasteiger partial charge in [-0.1, -0.05) is 57.5 Å². The van der Waals surface area contributed by atoms with Gasteiger partial charge in [0.2, 0.25) is 5.91 Å². The topological polar surface area (TPSA) is 114 Å². The average Bonchev–Trinajstić information content (AvgIpc) is 3.23. The molecule has 32 heavy (non-hydrogen) atoms. The van der Waals surface area contributed by atoms with Crippen molar-refractivity contribution < 1.29 is 4.79 Å². The lowest BCUT2D eigenvalue weighted by Crippen LogP contribution is -2.42. The molecule has 3 rings (SSSR count). The highest BCUT2D eigenvalue weighted by molar-refractivity contribution is 7.09. The van der Waals surface area contributed by atoms with Crippen molar-refractivity contribution in [1.29, 1.82) is 0 Å². The molecule has 0 saturated carbocycles. The van der Waals surface area contributed by atoms with E-state index >= 15 is 0 Å². The number of H-pyrrole nitrogens is 1. The summed E-state index contributed by atoms with van der Waals surface area (Å²) < 4.78 is 1.29. The smallest absolute Gasteiger partial charge is 0.330 e. The Bertz CT molecular complexity index is 1180. The summed E-state index contributed by atoms with van der Waals surface area (Å²) in [6, 6.07) is 9.33. The fourth-order valence-corrected chi connectivity index (χ4v) is 4.19. The molecular formula is C23H29N5O3S. The van der Waals surface area contributed by atoms with Crippen molar-refractivity contribution in [2.24, 2.45) is 0 Å². The highest BCUT2D eigenvalue weighted by atomic mass is 32.1. The summed E-state index contributed by atoms with van der Waals surface area (Å²) in [5.74, 6) is -0.0190. The zero-order chi connectivity index (χ0) is 23.3. The minimum atomic E-state index is -0.664. The van der Waals surface area contributed by atoms with Gasteiger partial charge in [0.25, 0.3) is 5.56 Å². The van der Waals surface area contributed by atoms with E-state index in [4.69, 9.17) is 5.73 Å². The highest BCUT2D eigenvalue weighted by Crippen LogP contribution is 2.22. The first-order valence-corrected chi connectivity index (χ1v) is 11.6. The molecule has 2 aromatic heterocycles. The second-order valence-corrected chi connectivity index (χ2v) is 8.86. The Balaban J connectivity index is 1.98. The van der Waals surface area contributed by atoms with Crippen LogP contribution in [0, 0.1) is 0 Å². The van der Waals surface area contributed by atoms with E-state index in [0.29, 0.717) is 18.7 Å². The minimum Gasteiger partial charge on any atom is -0.383 e. The number of aromatic nitrogens is 3. The maximum absolute atomic E-state index is 13.3. The number of hydrogen-bond donors (Lipinski definition) is 2. The predicted molar refractivity (Wildman–Crippen MR) is 128 cm³/mol. The second kappa shape index (κ2) is 10.4. The van der Waals surface area contributed by atoms with Gasteiger partial charge in [0.15, 0.2) is 5.69 Å². The van der Waals surface area contributed by atoms with Crippen molar-refractivity contribution in [3.8, 4) is 0 Å². The molecule has 0 aliphatic rings. The van der Waals surface area contributed by atoms with Crippen molar-refractivity contribution >= 4 is 28.7 Å². The largest absolute Gasteiger partial charge is 0.383 e. The molecule has 8 nitrogen and oxygen atoms in total. The Morgan fingerprint density at radius 2 is 1.97 bits per heavy atom. The summed E-state index contributed by atoms with van der Waals surface area (Å²) >= 11 is 1.52. The van der Waals surface area contributed by atoms with Gasteiger partial charge in [-0.05, 0) is 12.0 Å². The highest BCUT2D eigenvalue weighted by Gasteiger charge is 2.25. The lowest BCUT2D eigenvalue weighted by molar-refractivity contribution is -0.118. The van der Waals surface area contributed by atoms with Crippen LogP contribution in [0.25, 0.3) is 0 Å². The van der Waals surface area contributed by atoms with Crippen molar-refractivity contribution in [3.63, 3.8) is 0 Å². The van der Waals surface area contributed by atoms with Gasteiger partial charge >= 0.3 is 5.69 Å². The number of aromatic amines is 1. The summed E-state index contributed by atoms with van der Waals surface area (Å²) in [5.41, 5.74) is 6.58. The van der Waals surface area contributed by atoms with Gasteiger partial charge in [0.1, 0.15) is 5.82 Å². The number of rotatable bonds is 9. The van der Waals surface area contributed by atoms with Crippen LogP contribution in [0.4, 0.5) is 11.5 Å². The molecule has 170 valence electrons. The van der Waals surface area contributed by atoms with Crippen LogP contribution in [-0.2, 0) is 17.8 Å². The fourth-order valence-electron chi connectivity index (χ4n) is 3.36. The molecule has 0 radical (unpaired) electrons. The summed E-state index contributed by atoms with van der Waals surface area (Å²) in [5, 5.41) is 2.83. The zero-order valence-corrected chi connectivity index (χ0v) is 19.4. The van der Waals surface area contributed by atoms with E-state index in [9.17, 15) is 14.4 Å². The molecule has 0 bridgehead atoms. The first kappa shape index (κ1) is 23.5. The number of unbranched alkanes of at least 4 members (excludes halogenated alkanes) is 1. The predicted octanol–water partition coefficient (Wildman–Crippen LogP) is 3.12. The quantitative estimate of drug-likeness (QED) is 0.515. The van der Waals surface area contributed by atoms with E-state index < -0.39 is 11.2 Å². The number of anilines is 2. The van der Waals surface area contributed by atoms with Crippen LogP contribution < -0.4 is 21.9 Å². The molecule has 3 aromatic rings. The van der Waals surface area contributed by atoms with Crippen molar-refractivity contribution in [3.05, 3.63) is 72.8 Å². The van der Waals surface area contributed by atoms with Crippen LogP contribution in [-0.4, -0.2) is 27.0 Å². The molecular weight excluding hydrogens is 426 g/mol. The molecule has 1 aromatic carbocycles. The van der Waals surface area contributed by atoms with Gasteiger partial charge in [0.05, 0.1) is 23.7 Å². The number of nitrogen functional groups attached to an aromatic ring is 1. The van der Waals surface area contributed by atoms with Gasteiger partial charge in [-0.2, -0.15) is 0 Å². The number of nitrogens with one attached hydrogen (secondary N) is 1. The van der Waals surface area contributed by atoms with E-state index in [1.807, 2.05) is 56.5 Å². The molecule has 0 atom stereocenters. The lowest BCUT2D eigenvalue weighted by atomic mass is 10.2. The molecule has 1 amide bonds. The molecule has 2 heterocycles. The zero-order valence-electron chi connectivity index (χ0n) is 18.6. The minimum absolute atomic E-state index is 0.0123. The Morgan fingerprint density at radius 1 is 1.25 bits per heavy atom. The number of nitrogens with two attached hydrogens (primary N) is 1. The van der Waals surface area contributed by atoms with Gasteiger partial charge < -0.3 is 10.6 Å². The number of carbonyl (C=O) groups is 1. The molecule has 0 unspecified atom stereocenters. The number of nitrogens with zero attached hydrogens (tertiary/aromatic N) is 3. The lowest BCUT2D eigenvalue weighted by Gasteiger charge is -2.24. The summed E-state index contributed by atoms with van der Waals surface area (Å²) in [7, 11) is 0.